The van der Waals surface area contributed by atoms with Crippen molar-refractivity contribution >= 4 is 15.7 Å². The largest absolute Gasteiger partial charge is 0.399 e. The second kappa shape index (κ2) is 6.28. The van der Waals surface area contributed by atoms with Gasteiger partial charge in [0.25, 0.3) is 0 Å². The monoisotopic (exact) mass is 308 g/mol. The lowest BCUT2D eigenvalue weighted by Crippen LogP contribution is -2.26. The minimum atomic E-state index is -3.52. The van der Waals surface area contributed by atoms with Crippen LogP contribution in [0.3, 0.4) is 0 Å². The Balaban J connectivity index is 2.02. The molecule has 2 rings (SSSR count). The van der Waals surface area contributed by atoms with E-state index in [1.54, 1.807) is 38.4 Å². The zero-order valence-corrected chi connectivity index (χ0v) is 13.0. The summed E-state index contributed by atoms with van der Waals surface area (Å²) in [5.74, 6) is 0.856. The number of nitrogens with one attached hydrogen (secondary N) is 2. The first-order chi connectivity index (χ1) is 9.90. The van der Waals surface area contributed by atoms with Gasteiger partial charge in [-0.15, -0.1) is 0 Å². The molecule has 2 aromatic rings. The molecule has 0 aliphatic carbocycles. The Morgan fingerprint density at radius 3 is 2.52 bits per heavy atom. The molecule has 1 aromatic heterocycles. The molecule has 0 saturated carbocycles. The summed E-state index contributed by atoms with van der Waals surface area (Å²) in [5.41, 5.74) is 7.61. The zero-order valence-electron chi connectivity index (χ0n) is 12.2. The fourth-order valence-corrected chi connectivity index (χ4v) is 3.90. The quantitative estimate of drug-likeness (QED) is 0.556. The summed E-state index contributed by atoms with van der Waals surface area (Å²) in [6.07, 6.45) is 4.82. The van der Waals surface area contributed by atoms with Crippen LogP contribution in [0.4, 0.5) is 5.69 Å². The molecule has 0 bridgehead atoms. The van der Waals surface area contributed by atoms with Crippen LogP contribution in [0.15, 0.2) is 29.4 Å². The first kappa shape index (κ1) is 15.5. The molecule has 21 heavy (non-hydrogen) atoms. The maximum atomic E-state index is 12.4. The van der Waals surface area contributed by atoms with E-state index in [9.17, 15) is 8.42 Å². The number of sulfonamides is 1. The predicted molar refractivity (Wildman–Crippen MR) is 82.4 cm³/mol. The van der Waals surface area contributed by atoms with Crippen LogP contribution in [0, 0.1) is 13.8 Å². The van der Waals surface area contributed by atoms with Gasteiger partial charge >= 0.3 is 0 Å². The Morgan fingerprint density at radius 1 is 1.29 bits per heavy atom. The topological polar surface area (TPSA) is 101 Å². The number of imidazole rings is 1. The summed E-state index contributed by atoms with van der Waals surface area (Å²) in [7, 11) is -3.52. The molecule has 0 unspecified atom stereocenters. The summed E-state index contributed by atoms with van der Waals surface area (Å²) in [6.45, 7) is 3.87. The first-order valence-electron chi connectivity index (χ1n) is 6.75. The van der Waals surface area contributed by atoms with Crippen LogP contribution in [-0.2, 0) is 16.4 Å². The molecular formula is C14H20N4O2S. The lowest BCUT2D eigenvalue weighted by molar-refractivity contribution is 0.577. The first-order valence-corrected chi connectivity index (χ1v) is 8.23. The summed E-state index contributed by atoms with van der Waals surface area (Å²) < 4.78 is 27.4. The standard InChI is InChI=1S/C14H20N4O2S/c1-10-8-12(15)9-11(2)14(10)21(19,20)18-5-3-4-13-16-6-7-17-13/h6-9,18H,3-5,15H2,1-2H3,(H,16,17). The fourth-order valence-electron chi connectivity index (χ4n) is 2.38. The molecule has 0 aliphatic heterocycles. The van der Waals surface area contributed by atoms with Gasteiger partial charge in [0.1, 0.15) is 5.82 Å². The highest BCUT2D eigenvalue weighted by Gasteiger charge is 2.19. The van der Waals surface area contributed by atoms with Gasteiger partial charge in [-0.3, -0.25) is 0 Å². The number of aryl methyl sites for hydroxylation is 3. The number of nitrogen functional groups attached to an aromatic ring is 1. The number of rotatable bonds is 6. The molecule has 1 aromatic carbocycles. The zero-order chi connectivity index (χ0) is 15.5. The normalized spacial score (nSPS) is 11.7. The van der Waals surface area contributed by atoms with Gasteiger partial charge in [0.05, 0.1) is 4.90 Å². The van der Waals surface area contributed by atoms with Gasteiger partial charge in [-0.1, -0.05) is 0 Å². The molecule has 6 nitrogen and oxygen atoms in total. The highest BCUT2D eigenvalue weighted by molar-refractivity contribution is 7.89. The minimum Gasteiger partial charge on any atom is -0.399 e. The Labute approximate surface area is 124 Å². The van der Waals surface area contributed by atoms with Gasteiger partial charge in [0.15, 0.2) is 0 Å². The van der Waals surface area contributed by atoms with E-state index in [4.69, 9.17) is 5.73 Å². The van der Waals surface area contributed by atoms with Crippen LogP contribution in [0.1, 0.15) is 23.4 Å². The average Bonchev–Trinajstić information content (AvgIpc) is 2.86. The van der Waals surface area contributed by atoms with Crippen molar-refractivity contribution in [1.82, 2.24) is 14.7 Å². The van der Waals surface area contributed by atoms with E-state index >= 15 is 0 Å². The summed E-state index contributed by atoms with van der Waals surface area (Å²) >= 11 is 0. The molecule has 0 spiro atoms. The fraction of sp³-hybridized carbons (Fsp3) is 0.357. The van der Waals surface area contributed by atoms with Crippen molar-refractivity contribution in [3.8, 4) is 0 Å². The van der Waals surface area contributed by atoms with E-state index in [1.165, 1.54) is 0 Å². The lowest BCUT2D eigenvalue weighted by atomic mass is 10.1. The van der Waals surface area contributed by atoms with E-state index < -0.39 is 10.0 Å². The Bertz CT molecular complexity index is 686. The number of hydrogen-bond acceptors (Lipinski definition) is 4. The molecule has 114 valence electrons. The highest BCUT2D eigenvalue weighted by Crippen LogP contribution is 2.22. The number of hydrogen-bond donors (Lipinski definition) is 3. The smallest absolute Gasteiger partial charge is 0.241 e. The maximum Gasteiger partial charge on any atom is 0.241 e. The van der Waals surface area contributed by atoms with Crippen LogP contribution in [0.2, 0.25) is 0 Å². The number of aromatic amines is 1. The second-order valence-corrected chi connectivity index (χ2v) is 6.72. The lowest BCUT2D eigenvalue weighted by Gasteiger charge is -2.12. The van der Waals surface area contributed by atoms with Crippen molar-refractivity contribution in [2.45, 2.75) is 31.6 Å². The second-order valence-electron chi connectivity index (χ2n) is 5.02. The molecule has 0 aliphatic rings. The summed E-state index contributed by atoms with van der Waals surface area (Å²) in [4.78, 5) is 7.40. The predicted octanol–water partition coefficient (Wildman–Crippen LogP) is 1.52. The van der Waals surface area contributed by atoms with Crippen molar-refractivity contribution in [1.29, 1.82) is 0 Å². The van der Waals surface area contributed by atoms with E-state index in [0.29, 0.717) is 41.1 Å². The van der Waals surface area contributed by atoms with E-state index in [1.807, 2.05) is 0 Å². The third kappa shape index (κ3) is 3.83. The van der Waals surface area contributed by atoms with Crippen molar-refractivity contribution in [3.63, 3.8) is 0 Å². The van der Waals surface area contributed by atoms with Gasteiger partial charge in [-0.2, -0.15) is 0 Å². The van der Waals surface area contributed by atoms with Crippen LogP contribution in [0.25, 0.3) is 0 Å². The highest BCUT2D eigenvalue weighted by atomic mass is 32.2. The number of nitrogens with zero attached hydrogens (tertiary/aromatic N) is 1. The van der Waals surface area contributed by atoms with Gasteiger partial charge in [0, 0.05) is 31.0 Å². The molecule has 1 heterocycles. The molecule has 0 atom stereocenters. The third-order valence-electron chi connectivity index (χ3n) is 3.19. The molecule has 0 saturated heterocycles. The molecule has 4 N–H and O–H groups in total. The number of nitrogens with two attached hydrogens (primary N) is 1. The van der Waals surface area contributed by atoms with Crippen molar-refractivity contribution in [2.75, 3.05) is 12.3 Å². The average molecular weight is 308 g/mol. The van der Waals surface area contributed by atoms with E-state index in [-0.39, 0.29) is 0 Å². The Hall–Kier alpha value is -1.86. The summed E-state index contributed by atoms with van der Waals surface area (Å²) in [6, 6.07) is 3.34. The number of H-pyrrole nitrogens is 1. The third-order valence-corrected chi connectivity index (χ3v) is 4.95. The molecule has 0 fully saturated rings. The van der Waals surface area contributed by atoms with Gasteiger partial charge in [-0.25, -0.2) is 18.1 Å². The number of aromatic nitrogens is 2. The molecule has 0 radical (unpaired) electrons. The van der Waals surface area contributed by atoms with E-state index in [0.717, 1.165) is 5.82 Å². The van der Waals surface area contributed by atoms with Gasteiger partial charge < -0.3 is 10.7 Å². The van der Waals surface area contributed by atoms with E-state index in [2.05, 4.69) is 14.7 Å². The number of anilines is 1. The molecule has 0 amide bonds. The molecular weight excluding hydrogens is 288 g/mol. The van der Waals surface area contributed by atoms with Crippen LogP contribution in [-0.4, -0.2) is 24.9 Å². The van der Waals surface area contributed by atoms with Gasteiger partial charge in [-0.05, 0) is 43.5 Å². The van der Waals surface area contributed by atoms with Crippen molar-refractivity contribution < 1.29 is 8.42 Å². The van der Waals surface area contributed by atoms with Crippen LogP contribution >= 0.6 is 0 Å². The minimum absolute atomic E-state index is 0.315. The van der Waals surface area contributed by atoms with Crippen molar-refractivity contribution in [3.05, 3.63) is 41.5 Å². The SMILES string of the molecule is Cc1cc(N)cc(C)c1S(=O)(=O)NCCCc1ncc[nH]1. The Morgan fingerprint density at radius 2 is 1.95 bits per heavy atom. The van der Waals surface area contributed by atoms with Crippen molar-refractivity contribution in [2.24, 2.45) is 0 Å². The van der Waals surface area contributed by atoms with Crippen LogP contribution in [0.5, 0.6) is 0 Å². The summed E-state index contributed by atoms with van der Waals surface area (Å²) in [5, 5.41) is 0. The van der Waals surface area contributed by atoms with Crippen LogP contribution < -0.4 is 10.5 Å². The molecule has 7 heteroatoms. The Kier molecular flexibility index (Phi) is 4.64. The maximum absolute atomic E-state index is 12.4. The van der Waals surface area contributed by atoms with Gasteiger partial charge in [0.2, 0.25) is 10.0 Å². The number of benzene rings is 1.